The van der Waals surface area contributed by atoms with Crippen LogP contribution < -0.4 is 5.32 Å². The number of rotatable bonds is 3. The van der Waals surface area contributed by atoms with Gasteiger partial charge >= 0.3 is 0 Å². The van der Waals surface area contributed by atoms with E-state index in [0.29, 0.717) is 11.6 Å². The first-order chi connectivity index (χ1) is 6.86. The van der Waals surface area contributed by atoms with Crippen molar-refractivity contribution in [2.45, 2.75) is 6.42 Å². The average molecular weight is 195 g/mol. The normalized spacial score (nSPS) is 21.1. The molecule has 3 heteroatoms. The van der Waals surface area contributed by atoms with Crippen LogP contribution in [0.1, 0.15) is 6.42 Å². The van der Waals surface area contributed by atoms with Crippen molar-refractivity contribution in [3.05, 3.63) is 30.1 Å². The minimum Gasteiger partial charge on any atom is -0.382 e. The summed E-state index contributed by atoms with van der Waals surface area (Å²) in [5, 5.41) is 3.10. The zero-order valence-corrected chi connectivity index (χ0v) is 8.00. The summed E-state index contributed by atoms with van der Waals surface area (Å²) in [7, 11) is 0. The van der Waals surface area contributed by atoms with Gasteiger partial charge in [0.25, 0.3) is 0 Å². The fourth-order valence-electron chi connectivity index (χ4n) is 1.60. The van der Waals surface area contributed by atoms with Crippen molar-refractivity contribution >= 4 is 5.69 Å². The van der Waals surface area contributed by atoms with Crippen molar-refractivity contribution in [3.8, 4) is 0 Å². The van der Waals surface area contributed by atoms with Gasteiger partial charge < -0.3 is 10.1 Å². The fraction of sp³-hybridized carbons (Fsp3) is 0.455. The van der Waals surface area contributed by atoms with E-state index in [-0.39, 0.29) is 5.82 Å². The summed E-state index contributed by atoms with van der Waals surface area (Å²) < 4.78 is 18.4. The summed E-state index contributed by atoms with van der Waals surface area (Å²) in [6, 6.07) is 6.74. The molecule has 14 heavy (non-hydrogen) atoms. The molecule has 0 radical (unpaired) electrons. The molecule has 1 aliphatic heterocycles. The second-order valence-electron chi connectivity index (χ2n) is 3.59. The molecule has 76 valence electrons. The lowest BCUT2D eigenvalue weighted by molar-refractivity contribution is 0.187. The van der Waals surface area contributed by atoms with Gasteiger partial charge in [0, 0.05) is 19.1 Å². The van der Waals surface area contributed by atoms with Crippen molar-refractivity contribution in [1.82, 2.24) is 0 Å². The third-order valence-electron chi connectivity index (χ3n) is 2.48. The summed E-state index contributed by atoms with van der Waals surface area (Å²) in [6.45, 7) is 2.42. The van der Waals surface area contributed by atoms with Crippen LogP contribution in [0.4, 0.5) is 10.1 Å². The van der Waals surface area contributed by atoms with E-state index in [1.54, 1.807) is 12.1 Å². The highest BCUT2D eigenvalue weighted by molar-refractivity contribution is 5.44. The quantitative estimate of drug-likeness (QED) is 0.798. The van der Waals surface area contributed by atoms with Crippen LogP contribution in [0.3, 0.4) is 0 Å². The van der Waals surface area contributed by atoms with E-state index in [1.165, 1.54) is 6.07 Å². The first kappa shape index (κ1) is 9.46. The SMILES string of the molecule is Fc1ccccc1NCC1CCOC1. The third-order valence-corrected chi connectivity index (χ3v) is 2.48. The molecule has 1 fully saturated rings. The van der Waals surface area contributed by atoms with Gasteiger partial charge in [-0.3, -0.25) is 0 Å². The van der Waals surface area contributed by atoms with E-state index >= 15 is 0 Å². The second-order valence-corrected chi connectivity index (χ2v) is 3.59. The van der Waals surface area contributed by atoms with E-state index in [0.717, 1.165) is 26.2 Å². The van der Waals surface area contributed by atoms with Crippen LogP contribution in [0.25, 0.3) is 0 Å². The molecule has 0 aromatic heterocycles. The van der Waals surface area contributed by atoms with Gasteiger partial charge in [0.05, 0.1) is 12.3 Å². The van der Waals surface area contributed by atoms with Gasteiger partial charge in [0.1, 0.15) is 5.82 Å². The number of benzene rings is 1. The first-order valence-corrected chi connectivity index (χ1v) is 4.92. The molecule has 2 rings (SSSR count). The summed E-state index contributed by atoms with van der Waals surface area (Å²) >= 11 is 0. The molecule has 0 amide bonds. The van der Waals surface area contributed by atoms with Crippen molar-refractivity contribution in [3.63, 3.8) is 0 Å². The van der Waals surface area contributed by atoms with Gasteiger partial charge in [0.2, 0.25) is 0 Å². The number of hydrogen-bond acceptors (Lipinski definition) is 2. The van der Waals surface area contributed by atoms with Gasteiger partial charge in [-0.2, -0.15) is 0 Å². The lowest BCUT2D eigenvalue weighted by atomic mass is 10.1. The highest BCUT2D eigenvalue weighted by Crippen LogP contribution is 2.16. The molecule has 0 bridgehead atoms. The molecular formula is C11H14FNO. The van der Waals surface area contributed by atoms with Crippen LogP contribution in [-0.4, -0.2) is 19.8 Å². The standard InChI is InChI=1S/C11H14FNO/c12-10-3-1-2-4-11(10)13-7-9-5-6-14-8-9/h1-4,9,13H,5-8H2. The van der Waals surface area contributed by atoms with Crippen LogP contribution >= 0.6 is 0 Å². The molecule has 0 aliphatic carbocycles. The lowest BCUT2D eigenvalue weighted by Gasteiger charge is -2.10. The van der Waals surface area contributed by atoms with Gasteiger partial charge in [-0.05, 0) is 18.6 Å². The number of nitrogens with one attached hydrogen (secondary N) is 1. The van der Waals surface area contributed by atoms with Crippen LogP contribution in [-0.2, 0) is 4.74 Å². The number of halogens is 1. The Morgan fingerprint density at radius 1 is 1.43 bits per heavy atom. The summed E-state index contributed by atoms with van der Waals surface area (Å²) in [5.74, 6) is 0.334. The van der Waals surface area contributed by atoms with Gasteiger partial charge in [-0.25, -0.2) is 4.39 Å². The number of hydrogen-bond donors (Lipinski definition) is 1. The van der Waals surface area contributed by atoms with E-state index in [1.807, 2.05) is 6.07 Å². The molecule has 1 aromatic rings. The van der Waals surface area contributed by atoms with Crippen LogP contribution in [0.2, 0.25) is 0 Å². The Bertz CT molecular complexity index is 297. The van der Waals surface area contributed by atoms with Crippen molar-refractivity contribution < 1.29 is 9.13 Å². The van der Waals surface area contributed by atoms with E-state index < -0.39 is 0 Å². The maximum atomic E-state index is 13.2. The van der Waals surface area contributed by atoms with Crippen LogP contribution in [0.5, 0.6) is 0 Å². The Hall–Kier alpha value is -1.09. The molecular weight excluding hydrogens is 181 g/mol. The fourth-order valence-corrected chi connectivity index (χ4v) is 1.60. The van der Waals surface area contributed by atoms with Crippen LogP contribution in [0, 0.1) is 11.7 Å². The smallest absolute Gasteiger partial charge is 0.146 e. The molecule has 0 spiro atoms. The predicted molar refractivity (Wildman–Crippen MR) is 53.8 cm³/mol. The second kappa shape index (κ2) is 4.42. The zero-order chi connectivity index (χ0) is 9.80. The van der Waals surface area contributed by atoms with E-state index in [9.17, 15) is 4.39 Å². The maximum absolute atomic E-state index is 13.2. The Morgan fingerprint density at radius 2 is 2.29 bits per heavy atom. The van der Waals surface area contributed by atoms with E-state index in [4.69, 9.17) is 4.74 Å². The topological polar surface area (TPSA) is 21.3 Å². The minimum absolute atomic E-state index is 0.189. The van der Waals surface area contributed by atoms with Crippen molar-refractivity contribution in [2.24, 2.45) is 5.92 Å². The molecule has 1 saturated heterocycles. The Balaban J connectivity index is 1.88. The zero-order valence-electron chi connectivity index (χ0n) is 8.00. The summed E-state index contributed by atoms with van der Waals surface area (Å²) in [6.07, 6.45) is 1.07. The van der Waals surface area contributed by atoms with Gasteiger partial charge in [-0.15, -0.1) is 0 Å². The number of anilines is 1. The molecule has 1 heterocycles. The summed E-state index contributed by atoms with van der Waals surface area (Å²) in [4.78, 5) is 0. The molecule has 1 unspecified atom stereocenters. The number of para-hydroxylation sites is 1. The first-order valence-electron chi connectivity index (χ1n) is 4.92. The summed E-state index contributed by atoms with van der Waals surface area (Å²) in [5.41, 5.74) is 0.583. The Labute approximate surface area is 83.1 Å². The third kappa shape index (κ3) is 2.23. The van der Waals surface area contributed by atoms with E-state index in [2.05, 4.69) is 5.32 Å². The van der Waals surface area contributed by atoms with Gasteiger partial charge in [-0.1, -0.05) is 12.1 Å². The Morgan fingerprint density at radius 3 is 3.00 bits per heavy atom. The van der Waals surface area contributed by atoms with Gasteiger partial charge in [0.15, 0.2) is 0 Å². The largest absolute Gasteiger partial charge is 0.382 e. The minimum atomic E-state index is -0.189. The molecule has 1 aromatic carbocycles. The average Bonchev–Trinajstić information content (AvgIpc) is 2.69. The highest BCUT2D eigenvalue weighted by atomic mass is 19.1. The maximum Gasteiger partial charge on any atom is 0.146 e. The Kier molecular flexibility index (Phi) is 2.99. The number of ether oxygens (including phenoxy) is 1. The van der Waals surface area contributed by atoms with Crippen molar-refractivity contribution in [2.75, 3.05) is 25.1 Å². The molecule has 1 aliphatic rings. The lowest BCUT2D eigenvalue weighted by Crippen LogP contribution is -2.14. The monoisotopic (exact) mass is 195 g/mol. The van der Waals surface area contributed by atoms with Crippen molar-refractivity contribution in [1.29, 1.82) is 0 Å². The highest BCUT2D eigenvalue weighted by Gasteiger charge is 2.15. The molecule has 0 saturated carbocycles. The molecule has 1 atom stereocenters. The van der Waals surface area contributed by atoms with Crippen LogP contribution in [0.15, 0.2) is 24.3 Å². The molecule has 2 nitrogen and oxygen atoms in total. The molecule has 1 N–H and O–H groups in total. The predicted octanol–water partition coefficient (Wildman–Crippen LogP) is 2.27.